The van der Waals surface area contributed by atoms with Gasteiger partial charge in [0.15, 0.2) is 15.1 Å². The molecule has 0 saturated carbocycles. The van der Waals surface area contributed by atoms with Crippen LogP contribution in [-0.4, -0.2) is 27.8 Å². The van der Waals surface area contributed by atoms with Crippen LogP contribution in [0.25, 0.3) is 11.0 Å². The summed E-state index contributed by atoms with van der Waals surface area (Å²) < 4.78 is 63.3. The SMILES string of the molecule is CC(=N)SC(=N)S(=O)(=O)c1nc2cc(Cl)c(Cl)cc2nc1C(F)(F)F. The van der Waals surface area contributed by atoms with E-state index in [0.29, 0.717) is 0 Å². The van der Waals surface area contributed by atoms with Crippen LogP contribution < -0.4 is 0 Å². The Morgan fingerprint density at radius 2 is 1.60 bits per heavy atom. The molecule has 0 aliphatic rings. The van der Waals surface area contributed by atoms with Crippen LogP contribution in [0.15, 0.2) is 17.2 Å². The van der Waals surface area contributed by atoms with Crippen LogP contribution >= 0.6 is 35.0 Å². The van der Waals surface area contributed by atoms with E-state index >= 15 is 0 Å². The normalized spacial score (nSPS) is 12.4. The van der Waals surface area contributed by atoms with Crippen molar-refractivity contribution in [2.75, 3.05) is 0 Å². The third kappa shape index (κ3) is 4.05. The number of nitrogens with one attached hydrogen (secondary N) is 2. The molecule has 2 N–H and O–H groups in total. The topological polar surface area (TPSA) is 108 Å². The van der Waals surface area contributed by atoms with E-state index in [-0.39, 0.29) is 37.9 Å². The van der Waals surface area contributed by atoms with Crippen molar-refractivity contribution in [3.63, 3.8) is 0 Å². The van der Waals surface area contributed by atoms with E-state index in [4.69, 9.17) is 34.0 Å². The first-order chi connectivity index (χ1) is 11.3. The summed E-state index contributed by atoms with van der Waals surface area (Å²) in [5.74, 6) is 0. The molecule has 0 radical (unpaired) electrons. The van der Waals surface area contributed by atoms with Crippen molar-refractivity contribution in [1.29, 1.82) is 10.8 Å². The number of hydrogen-bond acceptors (Lipinski definition) is 7. The van der Waals surface area contributed by atoms with Crippen LogP contribution in [0, 0.1) is 10.8 Å². The number of nitrogens with zero attached hydrogens (tertiary/aromatic N) is 2. The largest absolute Gasteiger partial charge is 0.436 e. The second-order valence-electron chi connectivity index (χ2n) is 4.58. The Labute approximate surface area is 153 Å². The molecule has 1 heterocycles. The predicted molar refractivity (Wildman–Crippen MR) is 90.5 cm³/mol. The zero-order chi connectivity index (χ0) is 19.2. The maximum atomic E-state index is 13.3. The number of alkyl halides is 3. The smallest absolute Gasteiger partial charge is 0.298 e. The van der Waals surface area contributed by atoms with E-state index in [2.05, 4.69) is 9.97 Å². The molecule has 0 aliphatic heterocycles. The van der Waals surface area contributed by atoms with E-state index in [1.165, 1.54) is 6.92 Å². The van der Waals surface area contributed by atoms with E-state index in [1.807, 2.05) is 0 Å². The van der Waals surface area contributed by atoms with Gasteiger partial charge in [-0.25, -0.2) is 18.4 Å². The molecule has 1 aromatic heterocycles. The van der Waals surface area contributed by atoms with E-state index in [9.17, 15) is 21.6 Å². The summed E-state index contributed by atoms with van der Waals surface area (Å²) in [5.41, 5.74) is -2.31. The molecule has 1 aromatic carbocycles. The third-order valence-corrected chi connectivity index (χ3v) is 6.09. The second kappa shape index (κ2) is 6.71. The maximum Gasteiger partial charge on any atom is 0.436 e. The Balaban J connectivity index is 2.83. The highest BCUT2D eigenvalue weighted by atomic mass is 35.5. The number of sulfone groups is 1. The van der Waals surface area contributed by atoms with Gasteiger partial charge in [0, 0.05) is 0 Å². The number of benzene rings is 1. The van der Waals surface area contributed by atoms with Gasteiger partial charge in [-0.15, -0.1) is 0 Å². The highest BCUT2D eigenvalue weighted by Crippen LogP contribution is 2.36. The van der Waals surface area contributed by atoms with Gasteiger partial charge in [-0.3, -0.25) is 10.8 Å². The van der Waals surface area contributed by atoms with Gasteiger partial charge in [0.05, 0.1) is 26.1 Å². The number of thioether (sulfide) groups is 1. The lowest BCUT2D eigenvalue weighted by atomic mass is 10.3. The second-order valence-corrected chi connectivity index (χ2v) is 8.68. The first-order valence-corrected chi connectivity index (χ1v) is 9.20. The summed E-state index contributed by atoms with van der Waals surface area (Å²) in [4.78, 5) is 6.81. The van der Waals surface area contributed by atoms with Crippen molar-refractivity contribution in [1.82, 2.24) is 9.97 Å². The molecule has 0 fully saturated rings. The Bertz CT molecular complexity index is 1010. The Morgan fingerprint density at radius 1 is 1.12 bits per heavy atom. The number of rotatable bonds is 1. The molecule has 25 heavy (non-hydrogen) atoms. The molecule has 2 rings (SSSR count). The van der Waals surface area contributed by atoms with Gasteiger partial charge >= 0.3 is 6.18 Å². The van der Waals surface area contributed by atoms with Crippen molar-refractivity contribution in [3.8, 4) is 0 Å². The summed E-state index contributed by atoms with van der Waals surface area (Å²) >= 11 is 11.7. The fourth-order valence-corrected chi connectivity index (χ4v) is 4.14. The average Bonchev–Trinajstić information content (AvgIpc) is 2.45. The minimum absolute atomic E-state index is 0.0497. The van der Waals surface area contributed by atoms with Crippen molar-refractivity contribution >= 4 is 65.3 Å². The van der Waals surface area contributed by atoms with Gasteiger partial charge in [-0.05, 0) is 30.8 Å². The molecule has 2 aromatic rings. The van der Waals surface area contributed by atoms with Crippen LogP contribution in [0.1, 0.15) is 12.6 Å². The molecule has 0 aliphatic carbocycles. The molecule has 13 heteroatoms. The molecule has 0 bridgehead atoms. The zero-order valence-electron chi connectivity index (χ0n) is 12.1. The highest BCUT2D eigenvalue weighted by Gasteiger charge is 2.42. The Hall–Kier alpha value is -1.43. The lowest BCUT2D eigenvalue weighted by Crippen LogP contribution is -2.21. The van der Waals surface area contributed by atoms with E-state index in [1.54, 1.807) is 0 Å². The van der Waals surface area contributed by atoms with Crippen LogP contribution in [0.3, 0.4) is 0 Å². The summed E-state index contributed by atoms with van der Waals surface area (Å²) in [6.07, 6.45) is -5.14. The molecule has 0 saturated heterocycles. The minimum atomic E-state index is -5.14. The summed E-state index contributed by atoms with van der Waals surface area (Å²) in [7, 11) is -4.93. The van der Waals surface area contributed by atoms with Crippen LogP contribution in [0.5, 0.6) is 0 Å². The molecule has 6 nitrogen and oxygen atoms in total. The summed E-state index contributed by atoms with van der Waals surface area (Å²) in [5, 5.41) is 12.9. The van der Waals surface area contributed by atoms with Crippen LogP contribution in [-0.2, 0) is 16.0 Å². The van der Waals surface area contributed by atoms with Gasteiger partial charge in [0.2, 0.25) is 9.84 Å². The standard InChI is InChI=1S/C12H7Cl2F3N4O2S2/c1-4(18)24-11(19)25(22,23)10-9(12(15,16)17)20-7-2-5(13)6(14)3-8(7)21-10/h2-3,18-19H,1H3. The number of fused-ring (bicyclic) bond motifs is 1. The summed E-state index contributed by atoms with van der Waals surface area (Å²) in [6.45, 7) is 1.19. The van der Waals surface area contributed by atoms with Gasteiger partial charge in [0.25, 0.3) is 0 Å². The molecule has 0 unspecified atom stereocenters. The van der Waals surface area contributed by atoms with Crippen LogP contribution in [0.4, 0.5) is 13.2 Å². The summed E-state index contributed by atoms with van der Waals surface area (Å²) in [6, 6.07) is 2.10. The van der Waals surface area contributed by atoms with Crippen molar-refractivity contribution in [2.24, 2.45) is 0 Å². The van der Waals surface area contributed by atoms with Gasteiger partial charge in [0.1, 0.15) is 0 Å². The van der Waals surface area contributed by atoms with Gasteiger partial charge in [-0.1, -0.05) is 23.2 Å². The molecular formula is C12H7Cl2F3N4O2S2. The minimum Gasteiger partial charge on any atom is -0.298 e. The monoisotopic (exact) mass is 430 g/mol. The highest BCUT2D eigenvalue weighted by molar-refractivity contribution is 8.42. The fourth-order valence-electron chi connectivity index (χ4n) is 1.69. The van der Waals surface area contributed by atoms with Crippen molar-refractivity contribution < 1.29 is 21.6 Å². The maximum absolute atomic E-state index is 13.3. The third-order valence-electron chi connectivity index (χ3n) is 2.69. The first-order valence-electron chi connectivity index (χ1n) is 6.14. The van der Waals surface area contributed by atoms with Gasteiger partial charge < -0.3 is 0 Å². The molecular weight excluding hydrogens is 424 g/mol. The average molecular weight is 431 g/mol. The van der Waals surface area contributed by atoms with Crippen LogP contribution in [0.2, 0.25) is 10.0 Å². The lowest BCUT2D eigenvalue weighted by molar-refractivity contribution is -0.143. The van der Waals surface area contributed by atoms with Crippen molar-refractivity contribution in [3.05, 3.63) is 27.9 Å². The fraction of sp³-hybridized carbons (Fsp3) is 0.167. The predicted octanol–water partition coefficient (Wildman–Crippen LogP) is 4.39. The zero-order valence-corrected chi connectivity index (χ0v) is 15.2. The van der Waals surface area contributed by atoms with Gasteiger partial charge in [-0.2, -0.15) is 13.2 Å². The molecule has 0 spiro atoms. The number of hydrogen-bond donors (Lipinski definition) is 2. The lowest BCUT2D eigenvalue weighted by Gasteiger charge is -2.13. The van der Waals surface area contributed by atoms with Crippen molar-refractivity contribution in [2.45, 2.75) is 18.1 Å². The molecule has 0 atom stereocenters. The quantitative estimate of drug-likeness (QED) is 0.514. The molecule has 134 valence electrons. The van der Waals surface area contributed by atoms with E-state index < -0.39 is 31.1 Å². The first kappa shape index (κ1) is 19.9. The molecule has 0 amide bonds. The Kier molecular flexibility index (Phi) is 5.34. The van der Waals surface area contributed by atoms with E-state index in [0.717, 1.165) is 12.1 Å². The Morgan fingerprint density at radius 3 is 2.04 bits per heavy atom. The number of halogens is 5. The number of aromatic nitrogens is 2.